The molecular formula is C6H10IN3. The van der Waals surface area contributed by atoms with E-state index in [0.29, 0.717) is 12.0 Å². The molecule has 56 valence electrons. The lowest BCUT2D eigenvalue weighted by Crippen LogP contribution is -2.06. The first-order valence-corrected chi connectivity index (χ1v) is 4.19. The van der Waals surface area contributed by atoms with Crippen LogP contribution in [-0.2, 0) is 0 Å². The number of hydrogen-bond donors (Lipinski definition) is 1. The Kier molecular flexibility index (Phi) is 2.18. The third-order valence-electron chi connectivity index (χ3n) is 1.30. The van der Waals surface area contributed by atoms with Crippen LogP contribution in [0.25, 0.3) is 0 Å². The Morgan fingerprint density at radius 3 is 2.50 bits per heavy atom. The van der Waals surface area contributed by atoms with Gasteiger partial charge in [0.15, 0.2) is 0 Å². The molecule has 0 aliphatic carbocycles. The normalized spacial score (nSPS) is 10.8. The average molecular weight is 251 g/mol. The van der Waals surface area contributed by atoms with E-state index in [2.05, 4.69) is 41.4 Å². The van der Waals surface area contributed by atoms with Crippen LogP contribution in [0.1, 0.15) is 19.9 Å². The third-order valence-corrected chi connectivity index (χ3v) is 2.09. The van der Waals surface area contributed by atoms with Gasteiger partial charge in [-0.15, -0.1) is 0 Å². The maximum absolute atomic E-state index is 5.59. The number of rotatable bonds is 1. The Hall–Kier alpha value is -0.260. The van der Waals surface area contributed by atoms with Gasteiger partial charge < -0.3 is 10.3 Å². The molecule has 1 heterocycles. The van der Waals surface area contributed by atoms with Crippen molar-refractivity contribution in [1.82, 2.24) is 9.55 Å². The fraction of sp³-hybridized carbons (Fsp3) is 0.500. The van der Waals surface area contributed by atoms with Gasteiger partial charge in [-0.3, -0.25) is 0 Å². The molecule has 0 aliphatic rings. The lowest BCUT2D eigenvalue weighted by molar-refractivity contribution is 0.597. The van der Waals surface area contributed by atoms with E-state index in [4.69, 9.17) is 5.73 Å². The minimum Gasteiger partial charge on any atom is -0.369 e. The van der Waals surface area contributed by atoms with Gasteiger partial charge in [0.2, 0.25) is 5.95 Å². The van der Waals surface area contributed by atoms with E-state index in [1.54, 1.807) is 6.20 Å². The molecule has 4 heteroatoms. The standard InChI is InChI=1S/C6H10IN3/c1-4(2)10-5(7)3-9-6(10)8/h3-4H,1-2H3,(H2,8,9). The predicted molar refractivity (Wildman–Crippen MR) is 49.7 cm³/mol. The van der Waals surface area contributed by atoms with Crippen LogP contribution in [-0.4, -0.2) is 9.55 Å². The number of hydrogen-bond acceptors (Lipinski definition) is 2. The highest BCUT2D eigenvalue weighted by Crippen LogP contribution is 2.15. The van der Waals surface area contributed by atoms with E-state index in [1.165, 1.54) is 0 Å². The Labute approximate surface area is 73.8 Å². The van der Waals surface area contributed by atoms with E-state index in [0.717, 1.165) is 3.70 Å². The van der Waals surface area contributed by atoms with Crippen LogP contribution in [0, 0.1) is 3.70 Å². The van der Waals surface area contributed by atoms with Gasteiger partial charge in [0, 0.05) is 6.04 Å². The van der Waals surface area contributed by atoms with E-state index < -0.39 is 0 Å². The summed E-state index contributed by atoms with van der Waals surface area (Å²) in [6, 6.07) is 0.398. The predicted octanol–water partition coefficient (Wildman–Crippen LogP) is 1.65. The van der Waals surface area contributed by atoms with Gasteiger partial charge in [0.05, 0.1) is 6.20 Å². The Morgan fingerprint density at radius 2 is 2.30 bits per heavy atom. The zero-order chi connectivity index (χ0) is 7.72. The molecule has 0 bridgehead atoms. The third kappa shape index (κ3) is 1.25. The van der Waals surface area contributed by atoms with Crippen molar-refractivity contribution >= 4 is 28.5 Å². The minimum atomic E-state index is 0.398. The molecular weight excluding hydrogens is 241 g/mol. The molecule has 0 atom stereocenters. The molecule has 0 radical (unpaired) electrons. The summed E-state index contributed by atoms with van der Waals surface area (Å²) in [5.74, 6) is 0.597. The lowest BCUT2D eigenvalue weighted by Gasteiger charge is -2.09. The number of halogens is 1. The second-order valence-electron chi connectivity index (χ2n) is 2.40. The van der Waals surface area contributed by atoms with Crippen LogP contribution in [0.2, 0.25) is 0 Å². The topological polar surface area (TPSA) is 43.8 Å². The molecule has 0 aliphatic heterocycles. The van der Waals surface area contributed by atoms with E-state index >= 15 is 0 Å². The zero-order valence-corrected chi connectivity index (χ0v) is 8.16. The van der Waals surface area contributed by atoms with Crippen molar-refractivity contribution in [3.05, 3.63) is 9.90 Å². The van der Waals surface area contributed by atoms with Gasteiger partial charge in [-0.2, -0.15) is 0 Å². The molecule has 0 unspecified atom stereocenters. The van der Waals surface area contributed by atoms with Crippen molar-refractivity contribution in [2.75, 3.05) is 5.73 Å². The summed E-state index contributed by atoms with van der Waals surface area (Å²) in [7, 11) is 0. The van der Waals surface area contributed by atoms with Gasteiger partial charge >= 0.3 is 0 Å². The fourth-order valence-electron chi connectivity index (χ4n) is 0.864. The molecule has 10 heavy (non-hydrogen) atoms. The highest BCUT2D eigenvalue weighted by molar-refractivity contribution is 14.1. The van der Waals surface area contributed by atoms with Gasteiger partial charge in [-0.1, -0.05) is 0 Å². The summed E-state index contributed by atoms with van der Waals surface area (Å²) in [4.78, 5) is 3.97. The highest BCUT2D eigenvalue weighted by Gasteiger charge is 2.06. The van der Waals surface area contributed by atoms with Gasteiger partial charge in [0.25, 0.3) is 0 Å². The monoisotopic (exact) mass is 251 g/mol. The summed E-state index contributed by atoms with van der Waals surface area (Å²) in [6.07, 6.45) is 1.77. The number of nitrogens with zero attached hydrogens (tertiary/aromatic N) is 2. The summed E-state index contributed by atoms with van der Waals surface area (Å²) in [5, 5.41) is 0. The Balaban J connectivity index is 3.10. The molecule has 1 aromatic heterocycles. The number of anilines is 1. The molecule has 0 aromatic carbocycles. The quantitative estimate of drug-likeness (QED) is 0.771. The summed E-state index contributed by atoms with van der Waals surface area (Å²) in [5.41, 5.74) is 5.59. The summed E-state index contributed by atoms with van der Waals surface area (Å²) in [6.45, 7) is 4.17. The molecule has 0 spiro atoms. The summed E-state index contributed by atoms with van der Waals surface area (Å²) >= 11 is 2.22. The van der Waals surface area contributed by atoms with Gasteiger partial charge in [-0.25, -0.2) is 4.98 Å². The van der Waals surface area contributed by atoms with E-state index in [-0.39, 0.29) is 0 Å². The van der Waals surface area contributed by atoms with Crippen LogP contribution < -0.4 is 5.73 Å². The Morgan fingerprint density at radius 1 is 1.70 bits per heavy atom. The van der Waals surface area contributed by atoms with Crippen molar-refractivity contribution in [3.63, 3.8) is 0 Å². The molecule has 1 rings (SSSR count). The highest BCUT2D eigenvalue weighted by atomic mass is 127. The SMILES string of the molecule is CC(C)n1c(I)cnc1N. The zero-order valence-electron chi connectivity index (χ0n) is 6.00. The maximum Gasteiger partial charge on any atom is 0.201 e. The van der Waals surface area contributed by atoms with Crippen LogP contribution in [0.3, 0.4) is 0 Å². The van der Waals surface area contributed by atoms with Crippen LogP contribution in [0.5, 0.6) is 0 Å². The van der Waals surface area contributed by atoms with Crippen LogP contribution >= 0.6 is 22.6 Å². The number of imidazole rings is 1. The number of nitrogen functional groups attached to an aromatic ring is 1. The molecule has 3 nitrogen and oxygen atoms in total. The fourth-order valence-corrected chi connectivity index (χ4v) is 1.81. The minimum absolute atomic E-state index is 0.398. The van der Waals surface area contributed by atoms with Crippen molar-refractivity contribution < 1.29 is 0 Å². The number of aromatic nitrogens is 2. The molecule has 2 N–H and O–H groups in total. The summed E-state index contributed by atoms with van der Waals surface area (Å²) < 4.78 is 3.07. The molecule has 1 aromatic rings. The first-order valence-electron chi connectivity index (χ1n) is 3.11. The van der Waals surface area contributed by atoms with Crippen LogP contribution in [0.4, 0.5) is 5.95 Å². The molecule has 0 saturated heterocycles. The van der Waals surface area contributed by atoms with Crippen molar-refractivity contribution in [1.29, 1.82) is 0 Å². The lowest BCUT2D eigenvalue weighted by atomic mass is 10.4. The first-order chi connectivity index (χ1) is 4.63. The molecule has 0 amide bonds. The maximum atomic E-state index is 5.59. The van der Waals surface area contributed by atoms with Gasteiger partial charge in [0.1, 0.15) is 3.70 Å². The van der Waals surface area contributed by atoms with Gasteiger partial charge in [-0.05, 0) is 36.4 Å². The average Bonchev–Trinajstić information content (AvgIpc) is 2.11. The molecule has 0 fully saturated rings. The van der Waals surface area contributed by atoms with Crippen molar-refractivity contribution in [2.24, 2.45) is 0 Å². The first kappa shape index (κ1) is 7.84. The largest absolute Gasteiger partial charge is 0.369 e. The van der Waals surface area contributed by atoms with E-state index in [1.807, 2.05) is 4.57 Å². The second kappa shape index (κ2) is 2.77. The number of nitrogens with two attached hydrogens (primary N) is 1. The van der Waals surface area contributed by atoms with E-state index in [9.17, 15) is 0 Å². The van der Waals surface area contributed by atoms with Crippen LogP contribution in [0.15, 0.2) is 6.20 Å². The van der Waals surface area contributed by atoms with Crippen molar-refractivity contribution in [3.8, 4) is 0 Å². The second-order valence-corrected chi connectivity index (χ2v) is 3.51. The smallest absolute Gasteiger partial charge is 0.201 e. The van der Waals surface area contributed by atoms with Crippen molar-refractivity contribution in [2.45, 2.75) is 19.9 Å². The molecule has 0 saturated carbocycles. The Bertz CT molecular complexity index is 209.